The van der Waals surface area contributed by atoms with E-state index in [9.17, 15) is 4.79 Å². The Morgan fingerprint density at radius 3 is 2.60 bits per heavy atom. The summed E-state index contributed by atoms with van der Waals surface area (Å²) in [6.07, 6.45) is 3.50. The Morgan fingerprint density at radius 1 is 1.25 bits per heavy atom. The largest absolute Gasteiger partial charge is 0.385 e. The summed E-state index contributed by atoms with van der Waals surface area (Å²) in [6.45, 7) is 3.47. The molecule has 0 fully saturated rings. The van der Waals surface area contributed by atoms with Gasteiger partial charge in [0, 0.05) is 43.8 Å². The molecule has 0 saturated carbocycles. The second-order valence-electron chi connectivity index (χ2n) is 4.63. The van der Waals surface area contributed by atoms with Crippen LogP contribution in [0.1, 0.15) is 22.8 Å². The van der Waals surface area contributed by atoms with Crippen LogP contribution >= 0.6 is 0 Å². The SMILES string of the molecule is CCNc1ccc(C(=O)N(C)Cc2cccnc2)cc1. The van der Waals surface area contributed by atoms with Crippen molar-refractivity contribution in [3.05, 3.63) is 59.9 Å². The minimum absolute atomic E-state index is 0.0110. The summed E-state index contributed by atoms with van der Waals surface area (Å²) in [4.78, 5) is 18.1. The van der Waals surface area contributed by atoms with Gasteiger partial charge in [0.1, 0.15) is 0 Å². The highest BCUT2D eigenvalue weighted by Crippen LogP contribution is 2.12. The monoisotopic (exact) mass is 269 g/mol. The Morgan fingerprint density at radius 2 is 2.00 bits per heavy atom. The Hall–Kier alpha value is -2.36. The van der Waals surface area contributed by atoms with Crippen LogP contribution in [0.2, 0.25) is 0 Å². The first-order valence-electron chi connectivity index (χ1n) is 6.69. The third kappa shape index (κ3) is 3.57. The number of pyridine rings is 1. The number of amides is 1. The van der Waals surface area contributed by atoms with E-state index in [1.54, 1.807) is 24.3 Å². The van der Waals surface area contributed by atoms with E-state index in [-0.39, 0.29) is 5.91 Å². The average Bonchev–Trinajstić information content (AvgIpc) is 2.48. The van der Waals surface area contributed by atoms with Crippen molar-refractivity contribution < 1.29 is 4.79 Å². The first-order valence-corrected chi connectivity index (χ1v) is 6.69. The second-order valence-corrected chi connectivity index (χ2v) is 4.63. The maximum Gasteiger partial charge on any atom is 0.253 e. The molecule has 1 aromatic heterocycles. The summed E-state index contributed by atoms with van der Waals surface area (Å²) < 4.78 is 0. The van der Waals surface area contributed by atoms with E-state index in [1.165, 1.54) is 0 Å². The molecular weight excluding hydrogens is 250 g/mol. The molecule has 1 heterocycles. The smallest absolute Gasteiger partial charge is 0.253 e. The number of anilines is 1. The van der Waals surface area contributed by atoms with Crippen molar-refractivity contribution in [2.45, 2.75) is 13.5 Å². The first-order chi connectivity index (χ1) is 9.70. The number of rotatable bonds is 5. The van der Waals surface area contributed by atoms with Crippen LogP contribution in [0.25, 0.3) is 0 Å². The van der Waals surface area contributed by atoms with Crippen LogP contribution in [0, 0.1) is 0 Å². The highest BCUT2D eigenvalue weighted by atomic mass is 16.2. The van der Waals surface area contributed by atoms with E-state index in [4.69, 9.17) is 0 Å². The molecule has 1 N–H and O–H groups in total. The lowest BCUT2D eigenvalue weighted by Crippen LogP contribution is -2.26. The van der Waals surface area contributed by atoms with Crippen molar-refractivity contribution in [2.24, 2.45) is 0 Å². The van der Waals surface area contributed by atoms with Gasteiger partial charge in [-0.2, -0.15) is 0 Å². The van der Waals surface area contributed by atoms with Gasteiger partial charge in [0.05, 0.1) is 0 Å². The van der Waals surface area contributed by atoms with Gasteiger partial charge in [-0.1, -0.05) is 6.07 Å². The highest BCUT2D eigenvalue weighted by molar-refractivity contribution is 5.94. The Labute approximate surface area is 119 Å². The molecule has 0 aliphatic rings. The number of hydrogen-bond acceptors (Lipinski definition) is 3. The molecule has 0 atom stereocenters. The molecule has 0 radical (unpaired) electrons. The number of benzene rings is 1. The Balaban J connectivity index is 2.03. The fourth-order valence-corrected chi connectivity index (χ4v) is 1.99. The van der Waals surface area contributed by atoms with Gasteiger partial charge in [-0.3, -0.25) is 9.78 Å². The van der Waals surface area contributed by atoms with Crippen molar-refractivity contribution in [1.29, 1.82) is 0 Å². The van der Waals surface area contributed by atoms with Crippen molar-refractivity contribution in [2.75, 3.05) is 18.9 Å². The van der Waals surface area contributed by atoms with Crippen LogP contribution in [0.4, 0.5) is 5.69 Å². The van der Waals surface area contributed by atoms with Crippen molar-refractivity contribution >= 4 is 11.6 Å². The lowest BCUT2D eigenvalue weighted by atomic mass is 10.1. The molecule has 0 spiro atoms. The van der Waals surface area contributed by atoms with Crippen LogP contribution in [0.5, 0.6) is 0 Å². The maximum atomic E-state index is 12.3. The number of hydrogen-bond donors (Lipinski definition) is 1. The van der Waals surface area contributed by atoms with E-state index in [0.717, 1.165) is 17.8 Å². The molecule has 4 heteroatoms. The maximum absolute atomic E-state index is 12.3. The van der Waals surface area contributed by atoms with Crippen molar-refractivity contribution in [3.63, 3.8) is 0 Å². The molecule has 1 amide bonds. The number of aromatic nitrogens is 1. The Kier molecular flexibility index (Phi) is 4.71. The zero-order valence-electron chi connectivity index (χ0n) is 11.8. The highest BCUT2D eigenvalue weighted by Gasteiger charge is 2.11. The molecule has 0 aliphatic carbocycles. The van der Waals surface area contributed by atoms with Gasteiger partial charge in [-0.25, -0.2) is 0 Å². The van der Waals surface area contributed by atoms with Crippen LogP contribution in [0.3, 0.4) is 0 Å². The number of carbonyl (C=O) groups excluding carboxylic acids is 1. The predicted octanol–water partition coefficient (Wildman–Crippen LogP) is 2.79. The molecule has 2 aromatic rings. The topological polar surface area (TPSA) is 45.2 Å². The molecule has 0 aliphatic heterocycles. The van der Waals surface area contributed by atoms with Crippen LogP contribution < -0.4 is 5.32 Å². The van der Waals surface area contributed by atoms with E-state index >= 15 is 0 Å². The molecule has 20 heavy (non-hydrogen) atoms. The van der Waals surface area contributed by atoms with Gasteiger partial charge in [0.15, 0.2) is 0 Å². The molecular formula is C16H19N3O. The average molecular weight is 269 g/mol. The second kappa shape index (κ2) is 6.70. The summed E-state index contributed by atoms with van der Waals surface area (Å²) in [5.41, 5.74) is 2.74. The zero-order chi connectivity index (χ0) is 14.4. The fourth-order valence-electron chi connectivity index (χ4n) is 1.99. The minimum atomic E-state index is 0.0110. The van der Waals surface area contributed by atoms with Crippen LogP contribution in [0.15, 0.2) is 48.8 Å². The summed E-state index contributed by atoms with van der Waals surface area (Å²) in [5, 5.41) is 3.21. The van der Waals surface area contributed by atoms with E-state index in [0.29, 0.717) is 12.1 Å². The molecule has 0 bridgehead atoms. The third-order valence-electron chi connectivity index (χ3n) is 3.00. The number of carbonyl (C=O) groups is 1. The van der Waals surface area contributed by atoms with Crippen molar-refractivity contribution in [1.82, 2.24) is 9.88 Å². The predicted molar refractivity (Wildman–Crippen MR) is 80.6 cm³/mol. The number of nitrogens with one attached hydrogen (secondary N) is 1. The quantitative estimate of drug-likeness (QED) is 0.907. The molecule has 104 valence electrons. The zero-order valence-corrected chi connectivity index (χ0v) is 11.8. The van der Waals surface area contributed by atoms with Gasteiger partial charge < -0.3 is 10.2 Å². The van der Waals surface area contributed by atoms with Crippen LogP contribution in [-0.2, 0) is 6.54 Å². The molecule has 0 unspecified atom stereocenters. The van der Waals surface area contributed by atoms with Gasteiger partial charge >= 0.3 is 0 Å². The van der Waals surface area contributed by atoms with Gasteiger partial charge in [-0.15, -0.1) is 0 Å². The summed E-state index contributed by atoms with van der Waals surface area (Å²) in [6, 6.07) is 11.4. The van der Waals surface area contributed by atoms with Crippen LogP contribution in [-0.4, -0.2) is 29.4 Å². The van der Waals surface area contributed by atoms with Gasteiger partial charge in [0.25, 0.3) is 5.91 Å². The van der Waals surface area contributed by atoms with E-state index in [2.05, 4.69) is 10.3 Å². The third-order valence-corrected chi connectivity index (χ3v) is 3.00. The van der Waals surface area contributed by atoms with E-state index < -0.39 is 0 Å². The van der Waals surface area contributed by atoms with E-state index in [1.807, 2.05) is 43.3 Å². The van der Waals surface area contributed by atoms with Gasteiger partial charge in [-0.05, 0) is 42.8 Å². The lowest BCUT2D eigenvalue weighted by molar-refractivity contribution is 0.0785. The standard InChI is InChI=1S/C16H19N3O/c1-3-18-15-8-6-14(7-9-15)16(20)19(2)12-13-5-4-10-17-11-13/h4-11,18H,3,12H2,1-2H3. The Bertz CT molecular complexity index is 552. The first kappa shape index (κ1) is 14.1. The molecule has 2 rings (SSSR count). The molecule has 1 aromatic carbocycles. The minimum Gasteiger partial charge on any atom is -0.385 e. The fraction of sp³-hybridized carbons (Fsp3) is 0.250. The summed E-state index contributed by atoms with van der Waals surface area (Å²) in [7, 11) is 1.80. The number of nitrogens with zero attached hydrogens (tertiary/aromatic N) is 2. The summed E-state index contributed by atoms with van der Waals surface area (Å²) >= 11 is 0. The normalized spacial score (nSPS) is 10.1. The van der Waals surface area contributed by atoms with Crippen molar-refractivity contribution in [3.8, 4) is 0 Å². The van der Waals surface area contributed by atoms with Gasteiger partial charge in [0.2, 0.25) is 0 Å². The molecule has 4 nitrogen and oxygen atoms in total. The lowest BCUT2D eigenvalue weighted by Gasteiger charge is -2.17. The summed E-state index contributed by atoms with van der Waals surface area (Å²) in [5.74, 6) is 0.0110. The molecule has 0 saturated heterocycles.